The molecule has 25 heavy (non-hydrogen) atoms. The Kier molecular flexibility index (Phi) is 7.49. The maximum absolute atomic E-state index is 12.5. The van der Waals surface area contributed by atoms with Crippen LogP contribution in [0.25, 0.3) is 0 Å². The molecule has 0 amide bonds. The van der Waals surface area contributed by atoms with Crippen molar-refractivity contribution >= 4 is 30.5 Å². The lowest BCUT2D eigenvalue weighted by atomic mass is 9.83. The van der Waals surface area contributed by atoms with Gasteiger partial charge in [-0.2, -0.15) is 13.2 Å². The van der Waals surface area contributed by atoms with Gasteiger partial charge in [-0.3, -0.25) is 0 Å². The lowest BCUT2D eigenvalue weighted by Gasteiger charge is -2.52. The van der Waals surface area contributed by atoms with E-state index >= 15 is 0 Å². The SMILES string of the molecule is CC1(C)CN(c2ccc(CC(F)(F)F)cc2)[C@@H]2CCCC[C@H]2N1.Cl.Cl. The van der Waals surface area contributed by atoms with Crippen molar-refractivity contribution in [3.8, 4) is 0 Å². The molecule has 1 N–H and O–H groups in total. The molecule has 3 rings (SSSR count). The molecule has 0 bridgehead atoms. The fourth-order valence-electron chi connectivity index (χ4n) is 4.06. The average molecular weight is 399 g/mol. The molecule has 7 heteroatoms. The molecule has 0 radical (unpaired) electrons. The number of nitrogens with one attached hydrogen (secondary N) is 1. The van der Waals surface area contributed by atoms with Gasteiger partial charge in [-0.15, -0.1) is 24.8 Å². The maximum Gasteiger partial charge on any atom is 0.393 e. The summed E-state index contributed by atoms with van der Waals surface area (Å²) in [5, 5.41) is 3.75. The quantitative estimate of drug-likeness (QED) is 0.742. The van der Waals surface area contributed by atoms with Crippen LogP contribution >= 0.6 is 24.8 Å². The third-order valence-corrected chi connectivity index (χ3v) is 4.94. The van der Waals surface area contributed by atoms with Crippen LogP contribution in [-0.2, 0) is 6.42 Å². The van der Waals surface area contributed by atoms with Crippen molar-refractivity contribution in [2.24, 2.45) is 0 Å². The molecule has 2 atom stereocenters. The number of alkyl halides is 3. The molecule has 2 fully saturated rings. The van der Waals surface area contributed by atoms with E-state index in [1.165, 1.54) is 19.3 Å². The van der Waals surface area contributed by atoms with Gasteiger partial charge in [0.25, 0.3) is 0 Å². The topological polar surface area (TPSA) is 15.3 Å². The average Bonchev–Trinajstić information content (AvgIpc) is 2.44. The van der Waals surface area contributed by atoms with E-state index in [0.29, 0.717) is 17.6 Å². The second kappa shape index (κ2) is 8.36. The van der Waals surface area contributed by atoms with Crippen LogP contribution in [0.5, 0.6) is 0 Å². The Morgan fingerprint density at radius 1 is 1.08 bits per heavy atom. The van der Waals surface area contributed by atoms with E-state index in [9.17, 15) is 13.2 Å². The second-order valence-corrected chi connectivity index (χ2v) is 7.57. The standard InChI is InChI=1S/C18H25F3N2.2ClH/c1-17(2)12-23(16-6-4-3-5-15(16)22-17)14-9-7-13(8-10-14)11-18(19,20)21;;/h7-10,15-16,22H,3-6,11-12H2,1-2H3;2*1H/t15-,16-;;/m1../s1. The van der Waals surface area contributed by atoms with Gasteiger partial charge < -0.3 is 10.2 Å². The fraction of sp³-hybridized carbons (Fsp3) is 0.667. The Morgan fingerprint density at radius 2 is 1.68 bits per heavy atom. The number of fused-ring (bicyclic) bond motifs is 1. The van der Waals surface area contributed by atoms with Crippen molar-refractivity contribution in [3.63, 3.8) is 0 Å². The van der Waals surface area contributed by atoms with E-state index < -0.39 is 12.6 Å². The highest BCUT2D eigenvalue weighted by Crippen LogP contribution is 2.34. The summed E-state index contributed by atoms with van der Waals surface area (Å²) in [6.45, 7) is 5.28. The van der Waals surface area contributed by atoms with Crippen LogP contribution < -0.4 is 10.2 Å². The summed E-state index contributed by atoms with van der Waals surface area (Å²) >= 11 is 0. The minimum absolute atomic E-state index is 0. The number of rotatable bonds is 2. The third kappa shape index (κ3) is 5.66. The number of nitrogens with zero attached hydrogens (tertiary/aromatic N) is 1. The summed E-state index contributed by atoms with van der Waals surface area (Å²) in [6.07, 6.45) is -0.192. The van der Waals surface area contributed by atoms with E-state index in [2.05, 4.69) is 24.1 Å². The summed E-state index contributed by atoms with van der Waals surface area (Å²) in [4.78, 5) is 2.40. The van der Waals surface area contributed by atoms with Crippen LogP contribution in [0, 0.1) is 0 Å². The molecule has 0 spiro atoms. The third-order valence-electron chi connectivity index (χ3n) is 4.94. The van der Waals surface area contributed by atoms with Gasteiger partial charge in [0, 0.05) is 29.9 Å². The van der Waals surface area contributed by atoms with E-state index in [1.807, 2.05) is 12.1 Å². The lowest BCUT2D eigenvalue weighted by Crippen LogP contribution is -2.67. The van der Waals surface area contributed by atoms with E-state index in [0.717, 1.165) is 18.7 Å². The molecule has 1 heterocycles. The summed E-state index contributed by atoms with van der Waals surface area (Å²) < 4.78 is 37.5. The molecule has 0 unspecified atom stereocenters. The van der Waals surface area contributed by atoms with Crippen molar-refractivity contribution in [3.05, 3.63) is 29.8 Å². The van der Waals surface area contributed by atoms with Crippen LogP contribution in [0.2, 0.25) is 0 Å². The highest BCUT2D eigenvalue weighted by Gasteiger charge is 2.40. The smallest absolute Gasteiger partial charge is 0.365 e. The van der Waals surface area contributed by atoms with Crippen LogP contribution in [0.3, 0.4) is 0 Å². The summed E-state index contributed by atoms with van der Waals surface area (Å²) in [5.41, 5.74) is 1.39. The molecule has 0 aromatic heterocycles. The van der Waals surface area contributed by atoms with Crippen molar-refractivity contribution < 1.29 is 13.2 Å². The predicted molar refractivity (Wildman–Crippen MR) is 101 cm³/mol. The van der Waals surface area contributed by atoms with Crippen molar-refractivity contribution in [2.75, 3.05) is 11.4 Å². The van der Waals surface area contributed by atoms with Gasteiger partial charge >= 0.3 is 6.18 Å². The zero-order valence-electron chi connectivity index (χ0n) is 14.6. The van der Waals surface area contributed by atoms with Crippen molar-refractivity contribution in [2.45, 2.75) is 69.8 Å². The summed E-state index contributed by atoms with van der Waals surface area (Å²) in [7, 11) is 0. The van der Waals surface area contributed by atoms with Gasteiger partial charge in [0.2, 0.25) is 0 Å². The Labute approximate surface area is 160 Å². The van der Waals surface area contributed by atoms with E-state index in [4.69, 9.17) is 0 Å². The van der Waals surface area contributed by atoms with Gasteiger partial charge in [-0.25, -0.2) is 0 Å². The first kappa shape index (κ1) is 22.4. The monoisotopic (exact) mass is 398 g/mol. The van der Waals surface area contributed by atoms with Crippen LogP contribution in [0.15, 0.2) is 24.3 Å². The first-order chi connectivity index (χ1) is 10.7. The maximum atomic E-state index is 12.5. The molecule has 2 aliphatic rings. The number of benzene rings is 1. The molecule has 1 saturated heterocycles. The number of piperazine rings is 1. The first-order valence-electron chi connectivity index (χ1n) is 8.44. The highest BCUT2D eigenvalue weighted by atomic mass is 35.5. The Balaban J connectivity index is 0.00000156. The van der Waals surface area contributed by atoms with E-state index in [1.54, 1.807) is 12.1 Å². The fourth-order valence-corrected chi connectivity index (χ4v) is 4.06. The molecular weight excluding hydrogens is 372 g/mol. The Bertz CT molecular complexity index is 546. The molecule has 1 aliphatic carbocycles. The number of halogens is 5. The molecule has 1 aromatic rings. The molecule has 2 nitrogen and oxygen atoms in total. The molecular formula is C18H27Cl2F3N2. The van der Waals surface area contributed by atoms with Crippen molar-refractivity contribution in [1.82, 2.24) is 5.32 Å². The first-order valence-corrected chi connectivity index (χ1v) is 8.44. The van der Waals surface area contributed by atoms with Gasteiger partial charge in [-0.05, 0) is 44.4 Å². The molecule has 1 saturated carbocycles. The van der Waals surface area contributed by atoms with Gasteiger partial charge in [-0.1, -0.05) is 25.0 Å². The number of hydrogen-bond acceptors (Lipinski definition) is 2. The normalized spacial score (nSPS) is 25.4. The highest BCUT2D eigenvalue weighted by molar-refractivity contribution is 5.85. The largest absolute Gasteiger partial charge is 0.393 e. The van der Waals surface area contributed by atoms with Crippen LogP contribution in [0.4, 0.5) is 18.9 Å². The zero-order valence-corrected chi connectivity index (χ0v) is 16.2. The van der Waals surface area contributed by atoms with Gasteiger partial charge in [0.05, 0.1) is 6.42 Å². The lowest BCUT2D eigenvalue weighted by molar-refractivity contribution is -0.127. The minimum atomic E-state index is -4.15. The summed E-state index contributed by atoms with van der Waals surface area (Å²) in [6, 6.07) is 7.88. The number of anilines is 1. The molecule has 1 aromatic carbocycles. The van der Waals surface area contributed by atoms with E-state index in [-0.39, 0.29) is 30.4 Å². The predicted octanol–water partition coefficient (Wildman–Crippen LogP) is 5.13. The van der Waals surface area contributed by atoms with Gasteiger partial charge in [0.15, 0.2) is 0 Å². The van der Waals surface area contributed by atoms with Gasteiger partial charge in [0.1, 0.15) is 0 Å². The van der Waals surface area contributed by atoms with Crippen LogP contribution in [-0.4, -0.2) is 30.3 Å². The Morgan fingerprint density at radius 3 is 2.28 bits per heavy atom. The molecule has 144 valence electrons. The zero-order chi connectivity index (χ0) is 16.7. The number of hydrogen-bond donors (Lipinski definition) is 1. The van der Waals surface area contributed by atoms with Crippen molar-refractivity contribution in [1.29, 1.82) is 0 Å². The summed E-state index contributed by atoms with van der Waals surface area (Å²) in [5.74, 6) is 0. The molecule has 1 aliphatic heterocycles. The second-order valence-electron chi connectivity index (χ2n) is 7.57. The minimum Gasteiger partial charge on any atom is -0.365 e. The van der Waals surface area contributed by atoms with Crippen LogP contribution in [0.1, 0.15) is 45.1 Å². The Hall–Kier alpha value is -0.650.